The molecule has 1 aromatic carbocycles. The molecule has 0 bridgehead atoms. The third-order valence-corrected chi connectivity index (χ3v) is 3.26. The predicted molar refractivity (Wildman–Crippen MR) is 68.6 cm³/mol. The van der Waals surface area contributed by atoms with Crippen molar-refractivity contribution in [3.8, 4) is 0 Å². The highest BCUT2D eigenvalue weighted by molar-refractivity contribution is 5.16. The smallest absolute Gasteiger partial charge is 0.123 e. The third kappa shape index (κ3) is 3.79. The minimum atomic E-state index is -0.136. The molecule has 1 saturated heterocycles. The zero-order valence-electron chi connectivity index (χ0n) is 10.7. The number of hydrogen-bond donors (Lipinski definition) is 1. The van der Waals surface area contributed by atoms with Gasteiger partial charge in [-0.1, -0.05) is 12.1 Å². The van der Waals surface area contributed by atoms with Gasteiger partial charge in [0.2, 0.25) is 0 Å². The fourth-order valence-electron chi connectivity index (χ4n) is 2.42. The van der Waals surface area contributed by atoms with Gasteiger partial charge in [-0.3, -0.25) is 4.90 Å². The van der Waals surface area contributed by atoms with Gasteiger partial charge in [-0.25, -0.2) is 4.39 Å². The molecule has 1 N–H and O–H groups in total. The molecule has 2 rings (SSSR count). The van der Waals surface area contributed by atoms with Crippen LogP contribution in [-0.2, 0) is 6.42 Å². The summed E-state index contributed by atoms with van der Waals surface area (Å²) in [5.41, 5.74) is 1.28. The van der Waals surface area contributed by atoms with Crippen LogP contribution in [0.25, 0.3) is 0 Å². The molecule has 0 unspecified atom stereocenters. The van der Waals surface area contributed by atoms with Crippen LogP contribution in [0.4, 0.5) is 4.39 Å². The van der Waals surface area contributed by atoms with E-state index in [0.29, 0.717) is 0 Å². The molecule has 17 heavy (non-hydrogen) atoms. The van der Waals surface area contributed by atoms with Crippen molar-refractivity contribution < 1.29 is 4.39 Å². The highest BCUT2D eigenvalue weighted by atomic mass is 19.1. The second kappa shape index (κ2) is 5.15. The molecule has 1 aromatic rings. The van der Waals surface area contributed by atoms with Crippen LogP contribution in [0, 0.1) is 5.82 Å². The van der Waals surface area contributed by atoms with Crippen LogP contribution in [0.2, 0.25) is 0 Å². The highest BCUT2D eigenvalue weighted by Crippen LogP contribution is 2.11. The zero-order valence-corrected chi connectivity index (χ0v) is 10.7. The first kappa shape index (κ1) is 12.5. The number of nitrogens with one attached hydrogen (secondary N) is 1. The Labute approximate surface area is 103 Å². The minimum Gasteiger partial charge on any atom is -0.309 e. The largest absolute Gasteiger partial charge is 0.309 e. The third-order valence-electron chi connectivity index (χ3n) is 3.26. The maximum Gasteiger partial charge on any atom is 0.123 e. The summed E-state index contributed by atoms with van der Waals surface area (Å²) in [4.78, 5) is 2.45. The van der Waals surface area contributed by atoms with Gasteiger partial charge in [-0.15, -0.1) is 0 Å². The minimum absolute atomic E-state index is 0.136. The van der Waals surface area contributed by atoms with Crippen LogP contribution in [-0.4, -0.2) is 36.6 Å². The molecule has 0 aliphatic carbocycles. The average Bonchev–Trinajstić information content (AvgIpc) is 2.25. The van der Waals surface area contributed by atoms with E-state index in [2.05, 4.69) is 24.1 Å². The van der Waals surface area contributed by atoms with Crippen LogP contribution in [0.3, 0.4) is 0 Å². The van der Waals surface area contributed by atoms with Crippen molar-refractivity contribution in [2.24, 2.45) is 0 Å². The summed E-state index contributed by atoms with van der Waals surface area (Å²) in [5, 5.41) is 3.49. The number of rotatable bonds is 3. The lowest BCUT2D eigenvalue weighted by Crippen LogP contribution is -2.57. The Morgan fingerprint density at radius 2 is 2.24 bits per heavy atom. The lowest BCUT2D eigenvalue weighted by Gasteiger charge is -2.39. The summed E-state index contributed by atoms with van der Waals surface area (Å²) in [6, 6.07) is 6.91. The van der Waals surface area contributed by atoms with Crippen LogP contribution in [0.1, 0.15) is 19.4 Å². The average molecular weight is 236 g/mol. The van der Waals surface area contributed by atoms with E-state index in [1.54, 1.807) is 12.1 Å². The molecule has 0 spiro atoms. The van der Waals surface area contributed by atoms with Gasteiger partial charge >= 0.3 is 0 Å². The molecule has 1 fully saturated rings. The topological polar surface area (TPSA) is 15.3 Å². The SMILES string of the molecule is CC1(C)CN(CCc2cccc(F)c2)CCN1. The molecule has 3 heteroatoms. The number of hydrogen-bond acceptors (Lipinski definition) is 2. The van der Waals surface area contributed by atoms with E-state index in [1.807, 2.05) is 6.07 Å². The molecular formula is C14H21FN2. The standard InChI is InChI=1S/C14H21FN2/c1-14(2)11-17(9-7-16-14)8-6-12-4-3-5-13(15)10-12/h3-5,10,16H,6-9,11H2,1-2H3. The summed E-state index contributed by atoms with van der Waals surface area (Å²) in [5.74, 6) is -0.136. The van der Waals surface area contributed by atoms with E-state index < -0.39 is 0 Å². The van der Waals surface area contributed by atoms with Gasteiger partial charge < -0.3 is 5.32 Å². The first-order valence-electron chi connectivity index (χ1n) is 6.27. The molecule has 0 radical (unpaired) electrons. The molecule has 94 valence electrons. The summed E-state index contributed by atoms with van der Waals surface area (Å²) < 4.78 is 13.0. The van der Waals surface area contributed by atoms with Gasteiger partial charge in [0, 0.05) is 31.7 Å². The second-order valence-corrected chi connectivity index (χ2v) is 5.47. The Bertz CT molecular complexity index is 376. The van der Waals surface area contributed by atoms with E-state index in [-0.39, 0.29) is 11.4 Å². The number of piperazine rings is 1. The maximum absolute atomic E-state index is 13.0. The number of halogens is 1. The molecule has 0 saturated carbocycles. The van der Waals surface area contributed by atoms with E-state index in [0.717, 1.165) is 38.2 Å². The highest BCUT2D eigenvalue weighted by Gasteiger charge is 2.24. The Hall–Kier alpha value is -0.930. The van der Waals surface area contributed by atoms with E-state index in [9.17, 15) is 4.39 Å². The van der Waals surface area contributed by atoms with Gasteiger partial charge in [-0.05, 0) is 38.0 Å². The fraction of sp³-hybridized carbons (Fsp3) is 0.571. The van der Waals surface area contributed by atoms with Crippen LogP contribution < -0.4 is 5.32 Å². The first-order valence-corrected chi connectivity index (χ1v) is 6.27. The van der Waals surface area contributed by atoms with Crippen molar-refractivity contribution in [1.82, 2.24) is 10.2 Å². The normalized spacial score (nSPS) is 20.4. The van der Waals surface area contributed by atoms with Gasteiger partial charge in [0.15, 0.2) is 0 Å². The van der Waals surface area contributed by atoms with Gasteiger partial charge in [-0.2, -0.15) is 0 Å². The number of nitrogens with zero attached hydrogens (tertiary/aromatic N) is 1. The fourth-order valence-corrected chi connectivity index (χ4v) is 2.42. The van der Waals surface area contributed by atoms with Gasteiger partial charge in [0.25, 0.3) is 0 Å². The monoisotopic (exact) mass is 236 g/mol. The first-order chi connectivity index (χ1) is 8.05. The zero-order chi connectivity index (χ0) is 12.3. The van der Waals surface area contributed by atoms with Crippen molar-refractivity contribution in [1.29, 1.82) is 0 Å². The van der Waals surface area contributed by atoms with E-state index >= 15 is 0 Å². The molecular weight excluding hydrogens is 215 g/mol. The molecule has 1 aliphatic heterocycles. The summed E-state index contributed by atoms with van der Waals surface area (Å²) >= 11 is 0. The van der Waals surface area contributed by atoms with Crippen LogP contribution in [0.15, 0.2) is 24.3 Å². The quantitative estimate of drug-likeness (QED) is 0.864. The Morgan fingerprint density at radius 3 is 2.94 bits per heavy atom. The Balaban J connectivity index is 1.86. The Kier molecular flexibility index (Phi) is 3.79. The molecule has 0 aromatic heterocycles. The van der Waals surface area contributed by atoms with Gasteiger partial charge in [0.1, 0.15) is 5.82 Å². The van der Waals surface area contributed by atoms with E-state index in [1.165, 1.54) is 6.07 Å². The number of benzene rings is 1. The Morgan fingerprint density at radius 1 is 1.41 bits per heavy atom. The summed E-state index contributed by atoms with van der Waals surface area (Å²) in [6.45, 7) is 8.63. The molecule has 0 atom stereocenters. The van der Waals surface area contributed by atoms with Crippen molar-refractivity contribution in [3.63, 3.8) is 0 Å². The summed E-state index contributed by atoms with van der Waals surface area (Å²) in [6.07, 6.45) is 0.924. The molecule has 1 heterocycles. The summed E-state index contributed by atoms with van der Waals surface area (Å²) in [7, 11) is 0. The molecule has 1 aliphatic rings. The second-order valence-electron chi connectivity index (χ2n) is 5.47. The van der Waals surface area contributed by atoms with Crippen LogP contribution in [0.5, 0.6) is 0 Å². The van der Waals surface area contributed by atoms with Crippen molar-refractivity contribution >= 4 is 0 Å². The van der Waals surface area contributed by atoms with Crippen molar-refractivity contribution in [2.45, 2.75) is 25.8 Å². The lowest BCUT2D eigenvalue weighted by molar-refractivity contribution is 0.156. The molecule has 2 nitrogen and oxygen atoms in total. The van der Waals surface area contributed by atoms with E-state index in [4.69, 9.17) is 0 Å². The maximum atomic E-state index is 13.0. The predicted octanol–water partition coefficient (Wildman–Crippen LogP) is 2.05. The van der Waals surface area contributed by atoms with Crippen molar-refractivity contribution in [3.05, 3.63) is 35.6 Å². The molecule has 0 amide bonds. The lowest BCUT2D eigenvalue weighted by atomic mass is 10.0. The van der Waals surface area contributed by atoms with Gasteiger partial charge in [0.05, 0.1) is 0 Å². The van der Waals surface area contributed by atoms with Crippen LogP contribution >= 0.6 is 0 Å². The van der Waals surface area contributed by atoms with Crippen molar-refractivity contribution in [2.75, 3.05) is 26.2 Å².